The van der Waals surface area contributed by atoms with Gasteiger partial charge in [-0.1, -0.05) is 6.92 Å². The van der Waals surface area contributed by atoms with Crippen molar-refractivity contribution in [3.8, 4) is 0 Å². The minimum Gasteiger partial charge on any atom is -0.272 e. The fraction of sp³-hybridized carbons (Fsp3) is 1.00. The van der Waals surface area contributed by atoms with E-state index in [0.717, 1.165) is 0 Å². The maximum absolute atomic E-state index is 10.1. The Morgan fingerprint density at radius 2 is 1.47 bits per heavy atom. The van der Waals surface area contributed by atoms with Crippen LogP contribution >= 0.6 is 0 Å². The van der Waals surface area contributed by atoms with Gasteiger partial charge in [0.2, 0.25) is 0 Å². The molecular formula is C4H7N3O8. The molecule has 86 valence electrons. The topological polar surface area (TPSA) is 148 Å². The summed E-state index contributed by atoms with van der Waals surface area (Å²) in [5.74, 6) is -2.49. The minimum absolute atomic E-state index is 0.421. The molecular weight excluding hydrogens is 218 g/mol. The first-order valence-electron chi connectivity index (χ1n) is 3.60. The molecule has 0 aliphatic carbocycles. The first kappa shape index (κ1) is 12.8. The molecule has 15 heavy (non-hydrogen) atoms. The van der Waals surface area contributed by atoms with Crippen LogP contribution in [0.1, 0.15) is 13.3 Å². The van der Waals surface area contributed by atoms with E-state index >= 15 is 0 Å². The van der Waals surface area contributed by atoms with Crippen molar-refractivity contribution in [3.05, 3.63) is 30.3 Å². The average Bonchev–Trinajstić information content (AvgIpc) is 1.99. The zero-order valence-electron chi connectivity index (χ0n) is 7.52. The lowest BCUT2D eigenvalue weighted by molar-refractivity contribution is -0.880. The van der Waals surface area contributed by atoms with Crippen molar-refractivity contribution >= 4 is 0 Å². The van der Waals surface area contributed by atoms with Crippen LogP contribution in [0.15, 0.2) is 0 Å². The molecule has 0 aliphatic heterocycles. The zero-order valence-corrected chi connectivity index (χ0v) is 7.52. The number of hydrogen-bond donors (Lipinski definition) is 0. The van der Waals surface area contributed by atoms with Crippen LogP contribution in [-0.2, 0) is 9.68 Å². The first-order valence-corrected chi connectivity index (χ1v) is 3.60. The summed E-state index contributed by atoms with van der Waals surface area (Å²) in [5, 5.41) is 27.4. The lowest BCUT2D eigenvalue weighted by Gasteiger charge is -2.22. The van der Waals surface area contributed by atoms with Gasteiger partial charge in [-0.15, -0.1) is 20.2 Å². The lowest BCUT2D eigenvalue weighted by atomic mass is 10.2. The fourth-order valence-corrected chi connectivity index (χ4v) is 0.784. The molecule has 0 aromatic carbocycles. The van der Waals surface area contributed by atoms with Crippen molar-refractivity contribution in [2.45, 2.75) is 19.1 Å². The molecule has 0 aliphatic rings. The molecule has 0 spiro atoms. The number of nitro groups is 1. The van der Waals surface area contributed by atoms with Gasteiger partial charge < -0.3 is 0 Å². The number of hydrogen-bond acceptors (Lipinski definition) is 8. The van der Waals surface area contributed by atoms with Crippen molar-refractivity contribution in [2.24, 2.45) is 0 Å². The lowest BCUT2D eigenvalue weighted by Crippen LogP contribution is -2.45. The highest BCUT2D eigenvalue weighted by molar-refractivity contribution is 4.62. The summed E-state index contributed by atoms with van der Waals surface area (Å²) < 4.78 is 0. The van der Waals surface area contributed by atoms with Crippen molar-refractivity contribution in [3.63, 3.8) is 0 Å². The monoisotopic (exact) mass is 225 g/mol. The fourth-order valence-electron chi connectivity index (χ4n) is 0.784. The summed E-state index contributed by atoms with van der Waals surface area (Å²) in [5.41, 5.74) is 0. The van der Waals surface area contributed by atoms with Gasteiger partial charge in [-0.05, 0) is 0 Å². The largest absolute Gasteiger partial charge is 0.326 e. The third-order valence-corrected chi connectivity index (χ3v) is 1.39. The quantitative estimate of drug-likeness (QED) is 0.328. The number of rotatable bonds is 7. The second kappa shape index (κ2) is 4.88. The van der Waals surface area contributed by atoms with Crippen LogP contribution in [0.3, 0.4) is 0 Å². The van der Waals surface area contributed by atoms with Crippen molar-refractivity contribution in [1.82, 2.24) is 0 Å². The molecule has 0 aromatic rings. The highest BCUT2D eigenvalue weighted by Gasteiger charge is 2.43. The second-order valence-electron chi connectivity index (χ2n) is 2.38. The Morgan fingerprint density at radius 1 is 1.07 bits per heavy atom. The zero-order chi connectivity index (χ0) is 12.1. The predicted molar refractivity (Wildman–Crippen MR) is 41.0 cm³/mol. The van der Waals surface area contributed by atoms with Gasteiger partial charge in [0, 0.05) is 11.3 Å². The molecule has 0 aromatic heterocycles. The Labute approximate surface area is 81.9 Å². The number of nitrogens with zero attached hydrogens (tertiary/aromatic N) is 3. The van der Waals surface area contributed by atoms with E-state index in [4.69, 9.17) is 0 Å². The Kier molecular flexibility index (Phi) is 4.16. The maximum atomic E-state index is 10.1. The van der Waals surface area contributed by atoms with Gasteiger partial charge in [0.15, 0.2) is 0 Å². The van der Waals surface area contributed by atoms with Crippen LogP contribution in [0.5, 0.6) is 0 Å². The van der Waals surface area contributed by atoms with E-state index in [2.05, 4.69) is 9.68 Å². The van der Waals surface area contributed by atoms with Gasteiger partial charge in [0.05, 0.1) is 0 Å². The third kappa shape index (κ3) is 4.54. The highest BCUT2D eigenvalue weighted by Crippen LogP contribution is 2.18. The predicted octanol–water partition coefficient (Wildman–Crippen LogP) is -0.214. The van der Waals surface area contributed by atoms with E-state index < -0.39 is 33.8 Å². The molecule has 0 heterocycles. The standard InChI is InChI=1S/C4H7N3O8/c1-2-4(3-5(8)9,14-6(10)11)15-7(12)13/h2-3H2,1H3. The van der Waals surface area contributed by atoms with Crippen molar-refractivity contribution in [1.29, 1.82) is 0 Å². The smallest absolute Gasteiger partial charge is 0.272 e. The Hall–Kier alpha value is -2.20. The van der Waals surface area contributed by atoms with Gasteiger partial charge in [0.1, 0.15) is 0 Å². The van der Waals surface area contributed by atoms with E-state index in [9.17, 15) is 30.3 Å². The van der Waals surface area contributed by atoms with E-state index in [-0.39, 0.29) is 0 Å². The van der Waals surface area contributed by atoms with E-state index in [1.807, 2.05) is 0 Å². The maximum Gasteiger partial charge on any atom is 0.326 e. The van der Waals surface area contributed by atoms with Crippen LogP contribution in [0.4, 0.5) is 0 Å². The van der Waals surface area contributed by atoms with Crippen molar-refractivity contribution < 1.29 is 24.8 Å². The summed E-state index contributed by atoms with van der Waals surface area (Å²) in [4.78, 5) is 36.8. The summed E-state index contributed by atoms with van der Waals surface area (Å²) in [6.45, 7) is 0.0158. The molecule has 0 saturated heterocycles. The summed E-state index contributed by atoms with van der Waals surface area (Å²) in [7, 11) is 0. The van der Waals surface area contributed by atoms with Gasteiger partial charge in [-0.25, -0.2) is 0 Å². The Balaban J connectivity index is 4.81. The Morgan fingerprint density at radius 3 is 1.67 bits per heavy atom. The molecule has 0 radical (unpaired) electrons. The molecule has 0 unspecified atom stereocenters. The molecule has 0 amide bonds. The molecule has 0 saturated carbocycles. The highest BCUT2D eigenvalue weighted by atomic mass is 17.1. The second-order valence-corrected chi connectivity index (χ2v) is 2.38. The molecule has 0 bridgehead atoms. The van der Waals surface area contributed by atoms with Gasteiger partial charge in [-0.2, -0.15) is 0 Å². The van der Waals surface area contributed by atoms with E-state index in [1.54, 1.807) is 0 Å². The van der Waals surface area contributed by atoms with Crippen molar-refractivity contribution in [2.75, 3.05) is 6.54 Å². The normalized spacial score (nSPS) is 10.5. The van der Waals surface area contributed by atoms with Crippen LogP contribution < -0.4 is 0 Å². The van der Waals surface area contributed by atoms with Crippen LogP contribution in [-0.4, -0.2) is 27.4 Å². The summed E-state index contributed by atoms with van der Waals surface area (Å²) >= 11 is 0. The van der Waals surface area contributed by atoms with Gasteiger partial charge in [0.25, 0.3) is 16.7 Å². The first-order chi connectivity index (χ1) is 6.81. The minimum atomic E-state index is -2.49. The van der Waals surface area contributed by atoms with Crippen LogP contribution in [0, 0.1) is 30.3 Å². The molecule has 11 heteroatoms. The molecule has 0 atom stereocenters. The van der Waals surface area contributed by atoms with E-state index in [1.165, 1.54) is 6.92 Å². The van der Waals surface area contributed by atoms with Gasteiger partial charge >= 0.3 is 5.79 Å². The summed E-state index contributed by atoms with van der Waals surface area (Å²) in [6.07, 6.45) is -0.421. The Bertz CT molecular complexity index is 236. The average molecular weight is 225 g/mol. The molecule has 0 N–H and O–H groups in total. The van der Waals surface area contributed by atoms with E-state index in [0.29, 0.717) is 0 Å². The third-order valence-electron chi connectivity index (χ3n) is 1.39. The van der Waals surface area contributed by atoms with Gasteiger partial charge in [-0.3, -0.25) is 19.8 Å². The summed E-state index contributed by atoms with van der Waals surface area (Å²) in [6, 6.07) is 0. The van der Waals surface area contributed by atoms with Crippen LogP contribution in [0.2, 0.25) is 0 Å². The molecule has 0 rings (SSSR count). The van der Waals surface area contributed by atoms with Crippen LogP contribution in [0.25, 0.3) is 0 Å². The molecule has 11 nitrogen and oxygen atoms in total. The SMILES string of the molecule is CCC(C[N+](=O)[O-])(O[N+](=O)[O-])O[N+](=O)[O-]. The molecule has 0 fully saturated rings.